The van der Waals surface area contributed by atoms with E-state index in [4.69, 9.17) is 14.3 Å². The molecule has 7 nitrogen and oxygen atoms in total. The van der Waals surface area contributed by atoms with E-state index < -0.39 is 11.6 Å². The molecule has 0 spiro atoms. The molecule has 1 rings (SSSR count). The summed E-state index contributed by atoms with van der Waals surface area (Å²) in [5.74, 6) is -1.51. The fourth-order valence-electron chi connectivity index (χ4n) is 1.31. The van der Waals surface area contributed by atoms with Crippen LogP contribution in [-0.4, -0.2) is 45.3 Å². The van der Waals surface area contributed by atoms with Gasteiger partial charge in [-0.2, -0.15) is 0 Å². The smallest absolute Gasteiger partial charge is 0.358 e. The molecular weight excluding hydrogens is 278 g/mol. The lowest BCUT2D eigenvalue weighted by Crippen LogP contribution is -2.38. The van der Waals surface area contributed by atoms with Gasteiger partial charge in [-0.3, -0.25) is 0 Å². The zero-order valence-corrected chi connectivity index (χ0v) is 13.0. The molecule has 0 fully saturated rings. The van der Waals surface area contributed by atoms with Crippen molar-refractivity contribution in [1.82, 2.24) is 4.73 Å². The average molecular weight is 301 g/mol. The number of nitrogens with zero attached hydrogens (tertiary/aromatic N) is 1. The van der Waals surface area contributed by atoms with E-state index in [9.17, 15) is 15.0 Å². The first kappa shape index (κ1) is 17.3. The summed E-state index contributed by atoms with van der Waals surface area (Å²) in [5, 5.41) is 18.7. The number of carbonyl (C=O) groups is 1. The summed E-state index contributed by atoms with van der Waals surface area (Å²) >= 11 is 0. The van der Waals surface area contributed by atoms with E-state index in [-0.39, 0.29) is 24.0 Å². The summed E-state index contributed by atoms with van der Waals surface area (Å²) in [5.41, 5.74) is -0.975. The summed E-state index contributed by atoms with van der Waals surface area (Å²) in [6, 6.07) is 2.40. The molecule has 1 aromatic rings. The molecule has 1 heterocycles. The second kappa shape index (κ2) is 6.36. The molecule has 0 aliphatic rings. The van der Waals surface area contributed by atoms with Gasteiger partial charge in [0, 0.05) is 12.1 Å². The van der Waals surface area contributed by atoms with Crippen LogP contribution in [0.4, 0.5) is 0 Å². The molecule has 0 aliphatic heterocycles. The third-order valence-corrected chi connectivity index (χ3v) is 2.42. The van der Waals surface area contributed by atoms with Crippen LogP contribution >= 0.6 is 0 Å². The Hall–Kier alpha value is -1.73. The summed E-state index contributed by atoms with van der Waals surface area (Å²) in [7, 11) is 0. The number of carbonyl (C=O) groups excluding carboxylic acids is 1. The SMILES string of the molecule is CC(C)(C)OCC(C)(C)OCC(=O)On1c(O)ccc1O. The molecule has 0 amide bonds. The zero-order valence-electron chi connectivity index (χ0n) is 13.0. The van der Waals surface area contributed by atoms with Crippen molar-refractivity contribution in [2.75, 3.05) is 13.2 Å². The van der Waals surface area contributed by atoms with E-state index in [0.717, 1.165) is 0 Å². The van der Waals surface area contributed by atoms with E-state index >= 15 is 0 Å². The molecule has 0 saturated heterocycles. The normalized spacial score (nSPS) is 12.4. The molecule has 0 unspecified atom stereocenters. The van der Waals surface area contributed by atoms with Crippen molar-refractivity contribution in [3.63, 3.8) is 0 Å². The minimum atomic E-state index is -0.749. The van der Waals surface area contributed by atoms with Crippen molar-refractivity contribution in [3.8, 4) is 11.8 Å². The van der Waals surface area contributed by atoms with Crippen LogP contribution < -0.4 is 4.84 Å². The number of hydrogen-bond donors (Lipinski definition) is 2. The molecule has 0 bridgehead atoms. The van der Waals surface area contributed by atoms with Crippen LogP contribution in [-0.2, 0) is 14.3 Å². The summed E-state index contributed by atoms with van der Waals surface area (Å²) in [6.45, 7) is 9.33. The van der Waals surface area contributed by atoms with Crippen LogP contribution in [0, 0.1) is 0 Å². The van der Waals surface area contributed by atoms with Crippen molar-refractivity contribution in [3.05, 3.63) is 12.1 Å². The van der Waals surface area contributed by atoms with Crippen LogP contribution in [0.15, 0.2) is 12.1 Å². The van der Waals surface area contributed by atoms with Crippen LogP contribution in [0.1, 0.15) is 34.6 Å². The van der Waals surface area contributed by atoms with Gasteiger partial charge in [0.1, 0.15) is 6.61 Å². The first-order chi connectivity index (χ1) is 9.50. The molecule has 2 N–H and O–H groups in total. The molecular formula is C14H23NO6. The fourth-order valence-corrected chi connectivity index (χ4v) is 1.31. The maximum Gasteiger partial charge on any atom is 0.358 e. The zero-order chi connectivity index (χ0) is 16.3. The highest BCUT2D eigenvalue weighted by atomic mass is 16.7. The largest absolute Gasteiger partial charge is 0.492 e. The molecule has 0 aliphatic carbocycles. The number of hydrogen-bond acceptors (Lipinski definition) is 6. The van der Waals surface area contributed by atoms with Crippen LogP contribution in [0.25, 0.3) is 0 Å². The maximum atomic E-state index is 11.6. The molecule has 1 aromatic heterocycles. The van der Waals surface area contributed by atoms with Crippen LogP contribution in [0.2, 0.25) is 0 Å². The van der Waals surface area contributed by atoms with Gasteiger partial charge >= 0.3 is 5.97 Å². The second-order valence-electron chi connectivity index (χ2n) is 6.26. The van der Waals surface area contributed by atoms with E-state index in [1.165, 1.54) is 12.1 Å². The predicted octanol–water partition coefficient (Wildman–Crippen LogP) is 1.46. The van der Waals surface area contributed by atoms with Gasteiger partial charge in [-0.15, -0.1) is 4.73 Å². The van der Waals surface area contributed by atoms with Crippen molar-refractivity contribution >= 4 is 5.97 Å². The minimum Gasteiger partial charge on any atom is -0.492 e. The molecule has 7 heteroatoms. The lowest BCUT2D eigenvalue weighted by atomic mass is 10.1. The fraction of sp³-hybridized carbons (Fsp3) is 0.643. The Morgan fingerprint density at radius 3 is 2.10 bits per heavy atom. The molecule has 0 atom stereocenters. The molecule has 0 aromatic carbocycles. The first-order valence-electron chi connectivity index (χ1n) is 6.59. The van der Waals surface area contributed by atoms with Gasteiger partial charge < -0.3 is 24.5 Å². The Balaban J connectivity index is 2.45. The lowest BCUT2D eigenvalue weighted by molar-refractivity contribution is -0.163. The molecule has 120 valence electrons. The molecule has 21 heavy (non-hydrogen) atoms. The third kappa shape index (κ3) is 6.05. The van der Waals surface area contributed by atoms with Gasteiger partial charge in [0.25, 0.3) is 0 Å². The second-order valence-corrected chi connectivity index (χ2v) is 6.26. The lowest BCUT2D eigenvalue weighted by Gasteiger charge is -2.29. The third-order valence-electron chi connectivity index (χ3n) is 2.42. The Labute approximate surface area is 124 Å². The van der Waals surface area contributed by atoms with Gasteiger partial charge in [-0.25, -0.2) is 4.79 Å². The highest BCUT2D eigenvalue weighted by molar-refractivity contribution is 5.71. The predicted molar refractivity (Wildman–Crippen MR) is 75.1 cm³/mol. The van der Waals surface area contributed by atoms with Crippen molar-refractivity contribution < 1.29 is 29.3 Å². The van der Waals surface area contributed by atoms with Crippen LogP contribution in [0.3, 0.4) is 0 Å². The van der Waals surface area contributed by atoms with E-state index in [1.807, 2.05) is 20.8 Å². The highest BCUT2D eigenvalue weighted by Crippen LogP contribution is 2.19. The van der Waals surface area contributed by atoms with E-state index in [1.54, 1.807) is 13.8 Å². The number of ether oxygens (including phenoxy) is 2. The van der Waals surface area contributed by atoms with Crippen LogP contribution in [0.5, 0.6) is 11.8 Å². The van der Waals surface area contributed by atoms with Gasteiger partial charge in [0.2, 0.25) is 11.8 Å². The quantitative estimate of drug-likeness (QED) is 0.827. The van der Waals surface area contributed by atoms with Gasteiger partial charge in [-0.1, -0.05) is 0 Å². The highest BCUT2D eigenvalue weighted by Gasteiger charge is 2.24. The topological polar surface area (TPSA) is 90.2 Å². The van der Waals surface area contributed by atoms with Gasteiger partial charge in [-0.05, 0) is 34.6 Å². The summed E-state index contributed by atoms with van der Waals surface area (Å²) < 4.78 is 11.7. The van der Waals surface area contributed by atoms with Gasteiger partial charge in [0.05, 0.1) is 17.8 Å². The van der Waals surface area contributed by atoms with Gasteiger partial charge in [0.15, 0.2) is 0 Å². The number of rotatable bonds is 6. The Morgan fingerprint density at radius 1 is 1.10 bits per heavy atom. The van der Waals surface area contributed by atoms with Crippen molar-refractivity contribution in [2.24, 2.45) is 0 Å². The first-order valence-corrected chi connectivity index (χ1v) is 6.59. The van der Waals surface area contributed by atoms with Crippen molar-refractivity contribution in [1.29, 1.82) is 0 Å². The Kier molecular flexibility index (Phi) is 5.25. The number of aromatic nitrogens is 1. The number of aromatic hydroxyl groups is 2. The molecule has 0 radical (unpaired) electrons. The molecule has 0 saturated carbocycles. The van der Waals surface area contributed by atoms with Crippen molar-refractivity contribution in [2.45, 2.75) is 45.8 Å². The monoisotopic (exact) mass is 301 g/mol. The standard InChI is InChI=1S/C14H23NO6/c1-13(2,3)20-9-14(4,5)19-8-12(18)21-15-10(16)6-7-11(15)17/h6-7,16-17H,8-9H2,1-5H3. The Morgan fingerprint density at radius 2 is 1.62 bits per heavy atom. The van der Waals surface area contributed by atoms with E-state index in [2.05, 4.69) is 0 Å². The summed E-state index contributed by atoms with van der Waals surface area (Å²) in [6.07, 6.45) is 0. The Bertz CT molecular complexity index is 467. The maximum absolute atomic E-state index is 11.6. The average Bonchev–Trinajstić information content (AvgIpc) is 2.65. The summed E-state index contributed by atoms with van der Waals surface area (Å²) in [4.78, 5) is 16.4. The van der Waals surface area contributed by atoms with E-state index in [0.29, 0.717) is 11.3 Å². The minimum absolute atomic E-state index is 0.302.